The number of hydrazone groups is 1. The summed E-state index contributed by atoms with van der Waals surface area (Å²) in [5, 5.41) is 6.71. The number of carbonyl (C=O) groups is 3. The van der Waals surface area contributed by atoms with Gasteiger partial charge in [0, 0.05) is 6.04 Å². The van der Waals surface area contributed by atoms with Gasteiger partial charge in [-0.1, -0.05) is 19.3 Å². The summed E-state index contributed by atoms with van der Waals surface area (Å²) in [7, 11) is 0. The van der Waals surface area contributed by atoms with Gasteiger partial charge in [0.15, 0.2) is 6.61 Å². The van der Waals surface area contributed by atoms with Crippen molar-refractivity contribution in [2.45, 2.75) is 44.6 Å². The van der Waals surface area contributed by atoms with Crippen molar-refractivity contribution < 1.29 is 19.1 Å². The molecular weight excluding hydrogens is 336 g/mol. The van der Waals surface area contributed by atoms with Crippen LogP contribution in [0.15, 0.2) is 29.4 Å². The zero-order valence-corrected chi connectivity index (χ0v) is 14.6. The molecular formula is C18H24N4O4. The molecule has 0 spiro atoms. The van der Waals surface area contributed by atoms with Crippen molar-refractivity contribution in [1.29, 1.82) is 0 Å². The van der Waals surface area contributed by atoms with Gasteiger partial charge >= 0.3 is 0 Å². The number of hydrogen-bond donors (Lipinski definition) is 3. The maximum Gasteiger partial charge on any atom is 0.255 e. The molecule has 0 aromatic heterocycles. The maximum atomic E-state index is 11.8. The normalized spacial score (nSPS) is 14.8. The standard InChI is InChI=1S/C18H24N4O4/c19-16(23)12-26-15-8-6-13(7-9-15)11-20-22-18(25)10-17(24)21-14-4-2-1-3-5-14/h6-9,11,14H,1-5,10,12H2,(H2,19,23)(H,21,24)(H,22,25)/b20-11+. The van der Waals surface area contributed by atoms with Crippen LogP contribution in [0.3, 0.4) is 0 Å². The Morgan fingerprint density at radius 2 is 1.81 bits per heavy atom. The van der Waals surface area contributed by atoms with E-state index in [2.05, 4.69) is 15.8 Å². The van der Waals surface area contributed by atoms with Crippen molar-refractivity contribution in [3.8, 4) is 5.75 Å². The molecule has 3 amide bonds. The molecule has 1 saturated carbocycles. The Morgan fingerprint density at radius 3 is 2.46 bits per heavy atom. The van der Waals surface area contributed by atoms with E-state index in [-0.39, 0.29) is 25.0 Å². The molecule has 1 aromatic carbocycles. The number of ether oxygens (including phenoxy) is 1. The van der Waals surface area contributed by atoms with Crippen LogP contribution in [-0.2, 0) is 14.4 Å². The lowest BCUT2D eigenvalue weighted by Crippen LogP contribution is -2.38. The summed E-state index contributed by atoms with van der Waals surface area (Å²) in [4.78, 5) is 34.2. The lowest BCUT2D eigenvalue weighted by molar-refractivity contribution is -0.129. The number of benzene rings is 1. The summed E-state index contributed by atoms with van der Waals surface area (Å²) >= 11 is 0. The Labute approximate surface area is 152 Å². The molecule has 0 saturated heterocycles. The van der Waals surface area contributed by atoms with Gasteiger partial charge in [-0.25, -0.2) is 5.43 Å². The van der Waals surface area contributed by atoms with Crippen LogP contribution in [0.1, 0.15) is 44.1 Å². The van der Waals surface area contributed by atoms with Crippen LogP contribution in [0.4, 0.5) is 0 Å². The summed E-state index contributed by atoms with van der Waals surface area (Å²) in [6.07, 6.45) is 6.61. The Bertz CT molecular complexity index is 652. The third kappa shape index (κ3) is 7.33. The molecule has 1 aliphatic carbocycles. The Kier molecular flexibility index (Phi) is 7.60. The number of primary amides is 1. The summed E-state index contributed by atoms with van der Waals surface area (Å²) in [5.74, 6) is -0.785. The predicted molar refractivity (Wildman–Crippen MR) is 96.5 cm³/mol. The Hall–Kier alpha value is -2.90. The van der Waals surface area contributed by atoms with Crippen molar-refractivity contribution in [3.05, 3.63) is 29.8 Å². The van der Waals surface area contributed by atoms with Gasteiger partial charge in [0.25, 0.3) is 5.91 Å². The first-order valence-electron chi connectivity index (χ1n) is 8.65. The summed E-state index contributed by atoms with van der Waals surface area (Å²) in [6, 6.07) is 6.92. The Morgan fingerprint density at radius 1 is 1.12 bits per heavy atom. The third-order valence-corrected chi connectivity index (χ3v) is 3.96. The zero-order chi connectivity index (χ0) is 18.8. The minimum atomic E-state index is -0.550. The van der Waals surface area contributed by atoms with Crippen LogP contribution in [-0.4, -0.2) is 36.6 Å². The number of nitrogens with zero attached hydrogens (tertiary/aromatic N) is 1. The molecule has 0 heterocycles. The largest absolute Gasteiger partial charge is 0.484 e. The number of carbonyl (C=O) groups excluding carboxylic acids is 3. The number of nitrogens with one attached hydrogen (secondary N) is 2. The fourth-order valence-electron chi connectivity index (χ4n) is 2.69. The molecule has 0 atom stereocenters. The molecule has 1 aliphatic rings. The van der Waals surface area contributed by atoms with Gasteiger partial charge in [-0.05, 0) is 42.7 Å². The van der Waals surface area contributed by atoms with Crippen LogP contribution in [0, 0.1) is 0 Å². The third-order valence-electron chi connectivity index (χ3n) is 3.96. The minimum absolute atomic E-state index is 0.183. The SMILES string of the molecule is NC(=O)COc1ccc(/C=N/NC(=O)CC(=O)NC2CCCCC2)cc1. The number of rotatable bonds is 8. The second-order valence-corrected chi connectivity index (χ2v) is 6.20. The summed E-state index contributed by atoms with van der Waals surface area (Å²) in [5.41, 5.74) is 8.05. The van der Waals surface area contributed by atoms with Crippen molar-refractivity contribution in [2.24, 2.45) is 10.8 Å². The highest BCUT2D eigenvalue weighted by atomic mass is 16.5. The van der Waals surface area contributed by atoms with E-state index >= 15 is 0 Å². The van der Waals surface area contributed by atoms with E-state index in [1.807, 2.05) is 0 Å². The highest BCUT2D eigenvalue weighted by Crippen LogP contribution is 2.17. The van der Waals surface area contributed by atoms with Crippen molar-refractivity contribution in [2.75, 3.05) is 6.61 Å². The first kappa shape index (κ1) is 19.4. The van der Waals surface area contributed by atoms with E-state index in [1.165, 1.54) is 12.6 Å². The highest BCUT2D eigenvalue weighted by molar-refractivity contribution is 5.97. The van der Waals surface area contributed by atoms with Crippen LogP contribution in [0.25, 0.3) is 0 Å². The van der Waals surface area contributed by atoms with E-state index in [1.54, 1.807) is 24.3 Å². The summed E-state index contributed by atoms with van der Waals surface area (Å²) < 4.78 is 5.14. The van der Waals surface area contributed by atoms with Crippen LogP contribution >= 0.6 is 0 Å². The molecule has 8 heteroatoms. The molecule has 0 radical (unpaired) electrons. The smallest absolute Gasteiger partial charge is 0.255 e. The lowest BCUT2D eigenvalue weighted by atomic mass is 9.95. The number of hydrogen-bond acceptors (Lipinski definition) is 5. The second-order valence-electron chi connectivity index (χ2n) is 6.20. The molecule has 26 heavy (non-hydrogen) atoms. The van der Waals surface area contributed by atoms with Gasteiger partial charge in [0.05, 0.1) is 6.21 Å². The van der Waals surface area contributed by atoms with E-state index in [9.17, 15) is 14.4 Å². The van der Waals surface area contributed by atoms with Gasteiger partial charge in [-0.3, -0.25) is 14.4 Å². The first-order chi connectivity index (χ1) is 12.5. The average Bonchev–Trinajstić information content (AvgIpc) is 2.61. The van der Waals surface area contributed by atoms with Gasteiger partial charge in [0.2, 0.25) is 11.8 Å². The fraction of sp³-hybridized carbons (Fsp3) is 0.444. The van der Waals surface area contributed by atoms with E-state index in [0.29, 0.717) is 5.75 Å². The lowest BCUT2D eigenvalue weighted by Gasteiger charge is -2.22. The van der Waals surface area contributed by atoms with Crippen LogP contribution < -0.4 is 21.2 Å². The predicted octanol–water partition coefficient (Wildman–Crippen LogP) is 0.840. The molecule has 1 aromatic rings. The highest BCUT2D eigenvalue weighted by Gasteiger charge is 2.17. The second kappa shape index (κ2) is 10.2. The van der Waals surface area contributed by atoms with Gasteiger partial charge < -0.3 is 15.8 Å². The maximum absolute atomic E-state index is 11.8. The van der Waals surface area contributed by atoms with Gasteiger partial charge in [-0.15, -0.1) is 0 Å². The van der Waals surface area contributed by atoms with Crippen LogP contribution in [0.5, 0.6) is 5.75 Å². The topological polar surface area (TPSA) is 123 Å². The van der Waals surface area contributed by atoms with Crippen LogP contribution in [0.2, 0.25) is 0 Å². The van der Waals surface area contributed by atoms with E-state index in [0.717, 1.165) is 31.2 Å². The molecule has 1 fully saturated rings. The van der Waals surface area contributed by atoms with E-state index < -0.39 is 11.8 Å². The number of nitrogens with two attached hydrogens (primary N) is 1. The molecule has 0 unspecified atom stereocenters. The molecule has 8 nitrogen and oxygen atoms in total. The van der Waals surface area contributed by atoms with Crippen molar-refractivity contribution >= 4 is 23.9 Å². The Balaban J connectivity index is 1.70. The van der Waals surface area contributed by atoms with E-state index in [4.69, 9.17) is 10.5 Å². The quantitative estimate of drug-likeness (QED) is 0.361. The molecule has 2 rings (SSSR count). The van der Waals surface area contributed by atoms with Crippen molar-refractivity contribution in [1.82, 2.24) is 10.7 Å². The molecule has 140 valence electrons. The molecule has 0 aliphatic heterocycles. The fourth-order valence-corrected chi connectivity index (χ4v) is 2.69. The average molecular weight is 360 g/mol. The first-order valence-corrected chi connectivity index (χ1v) is 8.65. The molecule has 0 bridgehead atoms. The molecule has 4 N–H and O–H groups in total. The van der Waals surface area contributed by atoms with Gasteiger partial charge in [0.1, 0.15) is 12.2 Å². The van der Waals surface area contributed by atoms with Crippen molar-refractivity contribution in [3.63, 3.8) is 0 Å². The monoisotopic (exact) mass is 360 g/mol. The minimum Gasteiger partial charge on any atom is -0.484 e. The number of amides is 3. The summed E-state index contributed by atoms with van der Waals surface area (Å²) in [6.45, 7) is -0.188. The van der Waals surface area contributed by atoms with Gasteiger partial charge in [-0.2, -0.15) is 5.10 Å². The zero-order valence-electron chi connectivity index (χ0n) is 14.6.